The Bertz CT molecular complexity index is 854. The highest BCUT2D eigenvalue weighted by Gasteiger charge is 2.27. The molecule has 0 bridgehead atoms. The van der Waals surface area contributed by atoms with Gasteiger partial charge in [0.2, 0.25) is 5.91 Å². The monoisotopic (exact) mass is 387 g/mol. The predicted molar refractivity (Wildman–Crippen MR) is 111 cm³/mol. The number of rotatable bonds is 3. The molecule has 0 saturated carbocycles. The van der Waals surface area contributed by atoms with Gasteiger partial charge in [0.15, 0.2) is 0 Å². The maximum Gasteiger partial charge on any atom is 0.236 e. The molecule has 6 nitrogen and oxygen atoms in total. The number of thiophene rings is 1. The van der Waals surface area contributed by atoms with E-state index in [0.29, 0.717) is 6.54 Å². The van der Waals surface area contributed by atoms with Gasteiger partial charge in [-0.15, -0.1) is 11.3 Å². The Morgan fingerprint density at radius 2 is 1.96 bits per heavy atom. The van der Waals surface area contributed by atoms with E-state index in [4.69, 9.17) is 9.97 Å². The third-order valence-electron chi connectivity index (χ3n) is 5.78. The standard InChI is InChI=1S/C20H29N5OS/c1-13-5-6-15-16(11-13)27-20-18(15)19(21-14(2)22-20)25-9-7-24(8-10-25)12-17(26)23(3)4/h13H,5-12H2,1-4H3/t13-/m0/s1. The molecule has 7 heteroatoms. The van der Waals surface area contributed by atoms with Gasteiger partial charge >= 0.3 is 0 Å². The van der Waals surface area contributed by atoms with Crippen molar-refractivity contribution >= 4 is 33.3 Å². The Hall–Kier alpha value is -1.73. The lowest BCUT2D eigenvalue weighted by Crippen LogP contribution is -2.49. The van der Waals surface area contributed by atoms with Crippen molar-refractivity contribution in [3.8, 4) is 0 Å². The zero-order valence-corrected chi connectivity index (χ0v) is 17.6. The summed E-state index contributed by atoms with van der Waals surface area (Å²) in [4.78, 5) is 30.6. The third-order valence-corrected chi connectivity index (χ3v) is 6.93. The van der Waals surface area contributed by atoms with Crippen molar-refractivity contribution in [1.29, 1.82) is 0 Å². The lowest BCUT2D eigenvalue weighted by atomic mass is 9.89. The zero-order chi connectivity index (χ0) is 19.1. The van der Waals surface area contributed by atoms with E-state index in [1.165, 1.54) is 28.7 Å². The Morgan fingerprint density at radius 1 is 1.22 bits per heavy atom. The quantitative estimate of drug-likeness (QED) is 0.809. The summed E-state index contributed by atoms with van der Waals surface area (Å²) in [7, 11) is 3.64. The van der Waals surface area contributed by atoms with Crippen LogP contribution in [0.3, 0.4) is 0 Å². The van der Waals surface area contributed by atoms with Gasteiger partial charge in [0.1, 0.15) is 16.5 Å². The molecule has 0 unspecified atom stereocenters. The lowest BCUT2D eigenvalue weighted by Gasteiger charge is -2.36. The molecule has 0 radical (unpaired) electrons. The van der Waals surface area contributed by atoms with Crippen molar-refractivity contribution in [2.45, 2.75) is 33.1 Å². The summed E-state index contributed by atoms with van der Waals surface area (Å²) >= 11 is 1.87. The highest BCUT2D eigenvalue weighted by Crippen LogP contribution is 2.41. The first kappa shape index (κ1) is 18.6. The number of aromatic nitrogens is 2. The molecular formula is C20H29N5OS. The average molecular weight is 388 g/mol. The molecule has 3 heterocycles. The molecule has 0 spiro atoms. The van der Waals surface area contributed by atoms with Crippen molar-refractivity contribution in [1.82, 2.24) is 19.8 Å². The lowest BCUT2D eigenvalue weighted by molar-refractivity contribution is -0.129. The molecule has 2 aliphatic rings. The molecular weight excluding hydrogens is 358 g/mol. The van der Waals surface area contributed by atoms with Gasteiger partial charge in [0.25, 0.3) is 0 Å². The fourth-order valence-corrected chi connectivity index (χ4v) is 5.53. The van der Waals surface area contributed by atoms with Crippen molar-refractivity contribution in [3.63, 3.8) is 0 Å². The number of fused-ring (bicyclic) bond motifs is 3. The second kappa shape index (κ2) is 7.36. The van der Waals surface area contributed by atoms with Gasteiger partial charge in [-0.3, -0.25) is 9.69 Å². The zero-order valence-electron chi connectivity index (χ0n) is 16.8. The molecule has 1 amide bonds. The van der Waals surface area contributed by atoms with Crippen LogP contribution in [-0.4, -0.2) is 72.5 Å². The van der Waals surface area contributed by atoms with E-state index in [-0.39, 0.29) is 5.91 Å². The van der Waals surface area contributed by atoms with Crippen LogP contribution in [0.4, 0.5) is 5.82 Å². The summed E-state index contributed by atoms with van der Waals surface area (Å²) in [6.45, 7) is 8.46. The molecule has 146 valence electrons. The van der Waals surface area contributed by atoms with E-state index in [1.807, 2.05) is 32.4 Å². The van der Waals surface area contributed by atoms with Crippen molar-refractivity contribution in [3.05, 3.63) is 16.3 Å². The van der Waals surface area contributed by atoms with Crippen LogP contribution >= 0.6 is 11.3 Å². The van der Waals surface area contributed by atoms with Crippen molar-refractivity contribution in [2.75, 3.05) is 51.7 Å². The van der Waals surface area contributed by atoms with Gasteiger partial charge in [-0.05, 0) is 37.7 Å². The molecule has 2 aromatic rings. The number of amides is 1. The molecule has 2 aromatic heterocycles. The number of hydrogen-bond donors (Lipinski definition) is 0. The first-order valence-corrected chi connectivity index (χ1v) is 10.7. The minimum absolute atomic E-state index is 0.171. The van der Waals surface area contributed by atoms with Crippen LogP contribution in [0.15, 0.2) is 0 Å². The molecule has 0 N–H and O–H groups in total. The van der Waals surface area contributed by atoms with Crippen molar-refractivity contribution in [2.24, 2.45) is 5.92 Å². The van der Waals surface area contributed by atoms with Gasteiger partial charge < -0.3 is 9.80 Å². The van der Waals surface area contributed by atoms with E-state index in [0.717, 1.165) is 55.0 Å². The molecule has 1 saturated heterocycles. The van der Waals surface area contributed by atoms with E-state index in [1.54, 1.807) is 4.90 Å². The Labute approximate surface area is 165 Å². The fourth-order valence-electron chi connectivity index (χ4n) is 4.11. The average Bonchev–Trinajstić information content (AvgIpc) is 2.98. The number of carbonyl (C=O) groups excluding carboxylic acids is 1. The number of hydrogen-bond acceptors (Lipinski definition) is 6. The van der Waals surface area contributed by atoms with E-state index >= 15 is 0 Å². The van der Waals surface area contributed by atoms with Gasteiger partial charge in [-0.25, -0.2) is 9.97 Å². The van der Waals surface area contributed by atoms with E-state index in [9.17, 15) is 4.79 Å². The maximum absolute atomic E-state index is 12.0. The highest BCUT2D eigenvalue weighted by molar-refractivity contribution is 7.19. The van der Waals surface area contributed by atoms with Crippen molar-refractivity contribution < 1.29 is 4.79 Å². The molecule has 1 aliphatic heterocycles. The van der Waals surface area contributed by atoms with Crippen LogP contribution in [0.1, 0.15) is 29.6 Å². The minimum atomic E-state index is 0.171. The summed E-state index contributed by atoms with van der Waals surface area (Å²) < 4.78 is 0. The van der Waals surface area contributed by atoms with E-state index < -0.39 is 0 Å². The first-order chi connectivity index (χ1) is 12.9. The van der Waals surface area contributed by atoms with E-state index in [2.05, 4.69) is 16.7 Å². The molecule has 0 aromatic carbocycles. The summed E-state index contributed by atoms with van der Waals surface area (Å²) in [6, 6.07) is 0. The number of anilines is 1. The fraction of sp³-hybridized carbons (Fsp3) is 0.650. The third kappa shape index (κ3) is 3.67. The Kier molecular flexibility index (Phi) is 5.07. The summed E-state index contributed by atoms with van der Waals surface area (Å²) in [6.07, 6.45) is 3.58. The summed E-state index contributed by atoms with van der Waals surface area (Å²) in [5, 5.41) is 1.30. The number of nitrogens with zero attached hydrogens (tertiary/aromatic N) is 5. The Balaban J connectivity index is 1.58. The molecule has 27 heavy (non-hydrogen) atoms. The minimum Gasteiger partial charge on any atom is -0.353 e. The van der Waals surface area contributed by atoms with Crippen LogP contribution in [0.2, 0.25) is 0 Å². The topological polar surface area (TPSA) is 52.6 Å². The largest absolute Gasteiger partial charge is 0.353 e. The maximum atomic E-state index is 12.0. The molecule has 1 fully saturated rings. The van der Waals surface area contributed by atoms with Crippen LogP contribution in [0, 0.1) is 12.8 Å². The predicted octanol–water partition coefficient (Wildman–Crippen LogP) is 2.33. The van der Waals surface area contributed by atoms with Crippen LogP contribution in [0.5, 0.6) is 0 Å². The Morgan fingerprint density at radius 3 is 2.67 bits per heavy atom. The van der Waals surface area contributed by atoms with Gasteiger partial charge in [0, 0.05) is 45.2 Å². The normalized spacial score (nSPS) is 20.7. The number of piperazine rings is 1. The second-order valence-corrected chi connectivity index (χ2v) is 9.26. The summed E-state index contributed by atoms with van der Waals surface area (Å²) in [5.74, 6) is 2.91. The number of likely N-dealkylation sites (N-methyl/N-ethyl adjacent to an activating group) is 1. The molecule has 1 atom stereocenters. The first-order valence-electron chi connectivity index (χ1n) is 9.88. The van der Waals surface area contributed by atoms with Crippen LogP contribution < -0.4 is 4.90 Å². The van der Waals surface area contributed by atoms with Crippen LogP contribution in [0.25, 0.3) is 10.2 Å². The van der Waals surface area contributed by atoms with Gasteiger partial charge in [0.05, 0.1) is 11.9 Å². The molecule has 4 rings (SSSR count). The van der Waals surface area contributed by atoms with Gasteiger partial charge in [-0.2, -0.15) is 0 Å². The smallest absolute Gasteiger partial charge is 0.236 e. The SMILES string of the molecule is Cc1nc(N2CCN(CC(=O)N(C)C)CC2)c2c3c(sc2n1)C[C@@H](C)CC3. The highest BCUT2D eigenvalue weighted by atomic mass is 32.1. The molecule has 1 aliphatic carbocycles. The second-order valence-electron chi connectivity index (χ2n) is 8.18. The van der Waals surface area contributed by atoms with Crippen LogP contribution in [-0.2, 0) is 17.6 Å². The number of carbonyl (C=O) groups is 1. The van der Waals surface area contributed by atoms with Gasteiger partial charge in [-0.1, -0.05) is 6.92 Å². The number of aryl methyl sites for hydroxylation is 2. The summed E-state index contributed by atoms with van der Waals surface area (Å²) in [5.41, 5.74) is 1.49.